The zero-order valence-corrected chi connectivity index (χ0v) is 17.8. The van der Waals surface area contributed by atoms with Crippen LogP contribution >= 0.6 is 12.4 Å². The maximum atomic E-state index is 12.6. The number of carbonyl (C=O) groups excluding carboxylic acids is 3. The molecule has 0 aromatic heterocycles. The van der Waals surface area contributed by atoms with E-state index in [9.17, 15) is 14.4 Å². The number of likely N-dealkylation sites (tertiary alicyclic amines) is 1. The van der Waals surface area contributed by atoms with Crippen LogP contribution in [0.2, 0.25) is 0 Å². The molecule has 0 saturated carbocycles. The summed E-state index contributed by atoms with van der Waals surface area (Å²) in [4.78, 5) is 38.4. The van der Waals surface area contributed by atoms with Crippen molar-refractivity contribution in [3.63, 3.8) is 0 Å². The number of hydrogen-bond acceptors (Lipinski definition) is 4. The molecule has 8 nitrogen and oxygen atoms in total. The van der Waals surface area contributed by atoms with Crippen LogP contribution in [0.3, 0.4) is 0 Å². The molecule has 1 saturated heterocycles. The minimum atomic E-state index is -0.631. The molecular formula is C20H32ClN5O3. The van der Waals surface area contributed by atoms with Crippen LogP contribution in [0.1, 0.15) is 33.1 Å². The van der Waals surface area contributed by atoms with Crippen molar-refractivity contribution in [1.29, 1.82) is 0 Å². The third kappa shape index (κ3) is 7.91. The highest BCUT2D eigenvalue weighted by atomic mass is 35.5. The Morgan fingerprint density at radius 1 is 1.14 bits per heavy atom. The molecule has 2 rings (SSSR count). The highest BCUT2D eigenvalue weighted by molar-refractivity contribution is 5.89. The number of benzene rings is 1. The van der Waals surface area contributed by atoms with E-state index in [4.69, 9.17) is 5.73 Å². The molecule has 0 radical (unpaired) electrons. The minimum absolute atomic E-state index is 0. The van der Waals surface area contributed by atoms with Gasteiger partial charge in [-0.3, -0.25) is 9.59 Å². The quantitative estimate of drug-likeness (QED) is 0.532. The summed E-state index contributed by atoms with van der Waals surface area (Å²) in [5, 5.41) is 8.22. The number of hydrogen-bond donors (Lipinski definition) is 4. The number of urea groups is 1. The summed E-state index contributed by atoms with van der Waals surface area (Å²) in [5.74, 6) is -0.471. The van der Waals surface area contributed by atoms with E-state index in [-0.39, 0.29) is 48.8 Å². The first kappa shape index (κ1) is 24.7. The summed E-state index contributed by atoms with van der Waals surface area (Å²) >= 11 is 0. The zero-order valence-electron chi connectivity index (χ0n) is 17.0. The molecule has 0 bridgehead atoms. The van der Waals surface area contributed by atoms with Gasteiger partial charge < -0.3 is 26.6 Å². The largest absolute Gasteiger partial charge is 0.346 e. The van der Waals surface area contributed by atoms with Gasteiger partial charge in [-0.1, -0.05) is 32.0 Å². The number of nitrogens with two attached hydrogens (primary N) is 1. The molecule has 1 aromatic rings. The Labute approximate surface area is 178 Å². The lowest BCUT2D eigenvalue weighted by atomic mass is 10.0. The second kappa shape index (κ2) is 12.3. The maximum absolute atomic E-state index is 12.6. The number of amides is 4. The van der Waals surface area contributed by atoms with Gasteiger partial charge in [-0.25, -0.2) is 4.79 Å². The smallest absolute Gasteiger partial charge is 0.319 e. The van der Waals surface area contributed by atoms with E-state index in [0.29, 0.717) is 18.8 Å². The number of nitrogens with one attached hydrogen (secondary N) is 3. The van der Waals surface area contributed by atoms with Crippen LogP contribution in [-0.2, 0) is 9.59 Å². The van der Waals surface area contributed by atoms with E-state index in [1.165, 1.54) is 0 Å². The molecule has 0 spiro atoms. The summed E-state index contributed by atoms with van der Waals surface area (Å²) in [6, 6.07) is 8.16. The van der Waals surface area contributed by atoms with E-state index in [1.807, 2.05) is 32.0 Å². The van der Waals surface area contributed by atoms with Crippen molar-refractivity contribution in [2.24, 2.45) is 11.7 Å². The van der Waals surface area contributed by atoms with Crippen molar-refractivity contribution < 1.29 is 14.4 Å². The van der Waals surface area contributed by atoms with Crippen LogP contribution < -0.4 is 21.7 Å². The molecule has 1 aliphatic heterocycles. The van der Waals surface area contributed by atoms with Crippen molar-refractivity contribution >= 4 is 35.9 Å². The maximum Gasteiger partial charge on any atom is 0.319 e. The van der Waals surface area contributed by atoms with Gasteiger partial charge in [0.1, 0.15) is 0 Å². The SMILES string of the molecule is CC(C)[C@H](N)C(=O)NCC(=O)N1CCCCC1CNC(=O)Nc1ccccc1.Cl. The average molecular weight is 426 g/mol. The predicted molar refractivity (Wildman–Crippen MR) is 116 cm³/mol. The number of rotatable bonds is 7. The number of para-hydroxylation sites is 1. The summed E-state index contributed by atoms with van der Waals surface area (Å²) in [6.45, 7) is 4.63. The van der Waals surface area contributed by atoms with Gasteiger partial charge in [0, 0.05) is 24.8 Å². The van der Waals surface area contributed by atoms with Crippen LogP contribution in [0.5, 0.6) is 0 Å². The summed E-state index contributed by atoms with van der Waals surface area (Å²) < 4.78 is 0. The number of piperidine rings is 1. The Bertz CT molecular complexity index is 671. The van der Waals surface area contributed by atoms with Gasteiger partial charge >= 0.3 is 6.03 Å². The van der Waals surface area contributed by atoms with Crippen LogP contribution in [0, 0.1) is 5.92 Å². The van der Waals surface area contributed by atoms with Crippen molar-refractivity contribution in [1.82, 2.24) is 15.5 Å². The van der Waals surface area contributed by atoms with Gasteiger partial charge in [-0.05, 0) is 37.3 Å². The number of nitrogens with zero attached hydrogens (tertiary/aromatic N) is 1. The summed E-state index contributed by atoms with van der Waals surface area (Å²) in [6.07, 6.45) is 2.73. The average Bonchev–Trinajstić information content (AvgIpc) is 2.70. The van der Waals surface area contributed by atoms with Gasteiger partial charge in [-0.15, -0.1) is 12.4 Å². The van der Waals surface area contributed by atoms with E-state index in [2.05, 4.69) is 16.0 Å². The Morgan fingerprint density at radius 2 is 1.83 bits per heavy atom. The molecule has 0 aliphatic carbocycles. The first-order valence-electron chi connectivity index (χ1n) is 9.81. The summed E-state index contributed by atoms with van der Waals surface area (Å²) in [7, 11) is 0. The highest BCUT2D eigenvalue weighted by Crippen LogP contribution is 2.16. The van der Waals surface area contributed by atoms with E-state index >= 15 is 0 Å². The Hall–Kier alpha value is -2.32. The third-order valence-electron chi connectivity index (χ3n) is 4.91. The van der Waals surface area contributed by atoms with Gasteiger partial charge in [0.05, 0.1) is 12.6 Å². The van der Waals surface area contributed by atoms with Gasteiger partial charge in [0.25, 0.3) is 0 Å². The Morgan fingerprint density at radius 3 is 2.48 bits per heavy atom. The van der Waals surface area contributed by atoms with E-state index in [1.54, 1.807) is 17.0 Å². The number of halogens is 1. The molecular weight excluding hydrogens is 394 g/mol. The van der Waals surface area contributed by atoms with Crippen LogP contribution in [0.25, 0.3) is 0 Å². The fourth-order valence-electron chi connectivity index (χ4n) is 3.13. The fraction of sp³-hybridized carbons (Fsp3) is 0.550. The molecule has 5 N–H and O–H groups in total. The molecule has 1 fully saturated rings. The van der Waals surface area contributed by atoms with Crippen molar-refractivity contribution in [3.8, 4) is 0 Å². The predicted octanol–water partition coefficient (Wildman–Crippen LogP) is 1.71. The second-order valence-corrected chi connectivity index (χ2v) is 7.43. The standard InChI is InChI=1S/C20H31N5O3.ClH/c1-14(2)18(21)19(27)22-13-17(26)25-11-7-6-10-16(25)12-23-20(28)24-15-8-4-3-5-9-15;/h3-5,8-9,14,16,18H,6-7,10-13,21H2,1-2H3,(H,22,27)(H2,23,24,28);1H/t16?,18-;/m0./s1. The number of anilines is 1. The third-order valence-corrected chi connectivity index (χ3v) is 4.91. The molecule has 1 unspecified atom stereocenters. The van der Waals surface area contributed by atoms with Crippen molar-refractivity contribution in [2.45, 2.75) is 45.2 Å². The zero-order chi connectivity index (χ0) is 20.5. The highest BCUT2D eigenvalue weighted by Gasteiger charge is 2.27. The molecule has 162 valence electrons. The lowest BCUT2D eigenvalue weighted by Crippen LogP contribution is -2.53. The summed E-state index contributed by atoms with van der Waals surface area (Å²) in [5.41, 5.74) is 6.51. The lowest BCUT2D eigenvalue weighted by Gasteiger charge is -2.36. The van der Waals surface area contributed by atoms with E-state index in [0.717, 1.165) is 19.3 Å². The first-order chi connectivity index (χ1) is 13.4. The molecule has 9 heteroatoms. The molecule has 29 heavy (non-hydrogen) atoms. The fourth-order valence-corrected chi connectivity index (χ4v) is 3.13. The molecule has 1 aliphatic rings. The first-order valence-corrected chi connectivity index (χ1v) is 9.81. The normalized spacial score (nSPS) is 17.1. The lowest BCUT2D eigenvalue weighted by molar-refractivity contribution is -0.136. The number of carbonyl (C=O) groups is 3. The Balaban J connectivity index is 0.00000420. The Kier molecular flexibility index (Phi) is 10.5. The van der Waals surface area contributed by atoms with Gasteiger partial charge in [0.2, 0.25) is 11.8 Å². The van der Waals surface area contributed by atoms with Crippen LogP contribution in [-0.4, -0.2) is 54.5 Å². The molecule has 1 aromatic carbocycles. The van der Waals surface area contributed by atoms with Gasteiger partial charge in [0.15, 0.2) is 0 Å². The molecule has 4 amide bonds. The minimum Gasteiger partial charge on any atom is -0.346 e. The monoisotopic (exact) mass is 425 g/mol. The molecule has 1 heterocycles. The van der Waals surface area contributed by atoms with Crippen LogP contribution in [0.4, 0.5) is 10.5 Å². The van der Waals surface area contributed by atoms with Crippen LogP contribution in [0.15, 0.2) is 30.3 Å². The van der Waals surface area contributed by atoms with Crippen molar-refractivity contribution in [2.75, 3.05) is 25.0 Å². The second-order valence-electron chi connectivity index (χ2n) is 7.43. The van der Waals surface area contributed by atoms with Crippen molar-refractivity contribution in [3.05, 3.63) is 30.3 Å². The topological polar surface area (TPSA) is 117 Å². The van der Waals surface area contributed by atoms with Gasteiger partial charge in [-0.2, -0.15) is 0 Å². The molecule has 2 atom stereocenters. The van der Waals surface area contributed by atoms with E-state index < -0.39 is 6.04 Å².